The van der Waals surface area contributed by atoms with E-state index in [0.717, 1.165) is 24.0 Å². The maximum absolute atomic E-state index is 12.8. The number of Topliss-reactive ketones (excluding diaryl/α,β-unsaturated/α-hetero) is 2. The predicted molar refractivity (Wildman–Crippen MR) is 207 cm³/mol. The zero-order valence-corrected chi connectivity index (χ0v) is 42.0. The second-order valence-electron chi connectivity index (χ2n) is 19.6. The summed E-state index contributed by atoms with van der Waals surface area (Å²) in [6.07, 6.45) is 13.3. The van der Waals surface area contributed by atoms with Crippen LogP contribution in [0.15, 0.2) is 47.6 Å². The average molecular weight is 925 g/mol. The zero-order valence-electron chi connectivity index (χ0n) is 36.2. The van der Waals surface area contributed by atoms with Gasteiger partial charge >= 0.3 is 59.1 Å². The smallest absolute Gasteiger partial charge is 0.756 e. The standard InChI is InChI=1S/2C21H29O8P.2Na/c2*1-19-7-5-13(22)9-12(19)3-4-14-15-6-8-21(25,17(24)11-29-30(26,27)28)20(15,2)10-16(23)18(14)19;;/h2*5,7,9,14-16,18,23,25H,3-4,6,8,10-11H2,1-2H3,(H2,26,27,28);;/q;;2*+1/p-2/t2*14?,15?,16?,18?,19-,20-,21-;;/m00../s1. The van der Waals surface area contributed by atoms with E-state index in [9.17, 15) is 58.5 Å². The van der Waals surface area contributed by atoms with E-state index >= 15 is 0 Å². The van der Waals surface area contributed by atoms with Gasteiger partial charge in [-0.25, -0.2) is 0 Å². The summed E-state index contributed by atoms with van der Waals surface area (Å²) in [6.45, 7) is 5.78. The second kappa shape index (κ2) is 18.0. The molecule has 0 aromatic rings. The Morgan fingerprint density at radius 1 is 0.677 bits per heavy atom. The maximum Gasteiger partial charge on any atom is 1.00 e. The van der Waals surface area contributed by atoms with Crippen molar-refractivity contribution < 1.29 is 136 Å². The Balaban J connectivity index is 0.000000227. The number of phosphoric ester groups is 2. The van der Waals surface area contributed by atoms with E-state index in [-0.39, 0.29) is 132 Å². The van der Waals surface area contributed by atoms with Gasteiger partial charge in [0.1, 0.15) is 24.4 Å². The van der Waals surface area contributed by atoms with Gasteiger partial charge < -0.3 is 49.0 Å². The molecule has 0 amide bonds. The number of rotatable bonds is 8. The molecule has 332 valence electrons. The Labute approximate surface area is 405 Å². The fourth-order valence-electron chi connectivity index (χ4n) is 14.1. The molecule has 0 bridgehead atoms. The van der Waals surface area contributed by atoms with E-state index < -0.39 is 85.5 Å². The van der Waals surface area contributed by atoms with Crippen molar-refractivity contribution in [3.8, 4) is 0 Å². The number of carbonyl (C=O) groups is 4. The van der Waals surface area contributed by atoms with Crippen molar-refractivity contribution in [2.45, 2.75) is 115 Å². The molecule has 16 nitrogen and oxygen atoms in total. The fourth-order valence-corrected chi connectivity index (χ4v) is 14.7. The third-order valence-corrected chi connectivity index (χ3v) is 17.8. The number of aliphatic hydroxyl groups excluding tert-OH is 2. The van der Waals surface area contributed by atoms with Crippen LogP contribution in [0, 0.1) is 57.2 Å². The Morgan fingerprint density at radius 2 is 1.02 bits per heavy atom. The SMILES string of the molecule is C[C@]12C=CC(=O)C=C1CCC1C2C(O)C[C@@]2(C)C1CC[C@]2(O)C(=O)COP(=O)([O-])O.C[C@]12C=CC(=O)C=C1CCC1C2C(O)C[C@@]2(C)C1CC[C@]2(O)C(=O)COP(=O)([O-])O.[Na+].[Na+]. The van der Waals surface area contributed by atoms with Gasteiger partial charge in [0.15, 0.2) is 23.1 Å². The number of hydrogen-bond acceptors (Lipinski definition) is 14. The Morgan fingerprint density at radius 3 is 1.34 bits per heavy atom. The number of allylic oxidation sites excluding steroid dienone is 8. The van der Waals surface area contributed by atoms with Gasteiger partial charge in [0.2, 0.25) is 0 Å². The summed E-state index contributed by atoms with van der Waals surface area (Å²) < 4.78 is 30.3. The van der Waals surface area contributed by atoms with Crippen LogP contribution in [-0.4, -0.2) is 90.0 Å². The molecule has 0 aromatic carbocycles. The van der Waals surface area contributed by atoms with Crippen molar-refractivity contribution in [2.75, 3.05) is 13.2 Å². The summed E-state index contributed by atoms with van der Waals surface area (Å²) in [6, 6.07) is 0. The summed E-state index contributed by atoms with van der Waals surface area (Å²) in [5.74, 6) is -1.94. The average Bonchev–Trinajstić information content (AvgIpc) is 3.58. The van der Waals surface area contributed by atoms with Crippen molar-refractivity contribution in [2.24, 2.45) is 57.2 Å². The summed E-state index contributed by atoms with van der Waals surface area (Å²) in [5.41, 5.74) is -4.42. The molecule has 62 heavy (non-hydrogen) atoms. The summed E-state index contributed by atoms with van der Waals surface area (Å²) in [5, 5.41) is 45.2. The van der Waals surface area contributed by atoms with E-state index in [4.69, 9.17) is 9.79 Å². The molecular formula is C42H56Na2O16P2. The first-order valence-corrected chi connectivity index (χ1v) is 23.8. The molecule has 10 unspecified atom stereocenters. The Hall–Kier alpha value is -0.300. The van der Waals surface area contributed by atoms with E-state index in [1.807, 2.05) is 26.0 Å². The summed E-state index contributed by atoms with van der Waals surface area (Å²) in [4.78, 5) is 88.7. The molecule has 0 spiro atoms. The van der Waals surface area contributed by atoms with Crippen LogP contribution in [0.5, 0.6) is 0 Å². The van der Waals surface area contributed by atoms with Gasteiger partial charge in [-0.2, -0.15) is 0 Å². The minimum Gasteiger partial charge on any atom is -0.756 e. The fraction of sp³-hybridized carbons (Fsp3) is 0.714. The topological polar surface area (TPSA) is 288 Å². The van der Waals surface area contributed by atoms with Gasteiger partial charge in [-0.3, -0.25) is 28.3 Å². The summed E-state index contributed by atoms with van der Waals surface area (Å²) >= 11 is 0. The molecule has 0 radical (unpaired) electrons. The van der Waals surface area contributed by atoms with Crippen LogP contribution in [-0.2, 0) is 37.4 Å². The van der Waals surface area contributed by atoms with Crippen LogP contribution in [0.3, 0.4) is 0 Å². The Bertz CT molecular complexity index is 1940. The quantitative estimate of drug-likeness (QED) is 0.100. The first kappa shape index (κ1) is 52.7. The number of fused-ring (bicyclic) bond motifs is 10. The van der Waals surface area contributed by atoms with E-state index in [0.29, 0.717) is 25.7 Å². The normalized spacial score (nSPS) is 45.5. The van der Waals surface area contributed by atoms with Crippen molar-refractivity contribution in [1.29, 1.82) is 0 Å². The first-order valence-electron chi connectivity index (χ1n) is 20.8. The molecule has 0 heterocycles. The predicted octanol–water partition coefficient (Wildman–Crippen LogP) is -3.91. The van der Waals surface area contributed by atoms with E-state index in [1.54, 1.807) is 38.2 Å². The van der Waals surface area contributed by atoms with Crippen LogP contribution in [0.2, 0.25) is 0 Å². The molecule has 16 atom stereocenters. The van der Waals surface area contributed by atoms with Crippen molar-refractivity contribution >= 4 is 38.8 Å². The molecule has 8 aliphatic rings. The maximum atomic E-state index is 12.8. The van der Waals surface area contributed by atoms with Gasteiger partial charge in [0.05, 0.1) is 12.2 Å². The first-order chi connectivity index (χ1) is 27.6. The number of hydrogen-bond donors (Lipinski definition) is 6. The largest absolute Gasteiger partial charge is 1.00 e. The monoisotopic (exact) mass is 924 g/mol. The molecule has 8 aliphatic carbocycles. The third-order valence-electron chi connectivity index (χ3n) is 16.9. The van der Waals surface area contributed by atoms with Gasteiger partial charge in [0, 0.05) is 33.5 Å². The molecular weight excluding hydrogens is 868 g/mol. The van der Waals surface area contributed by atoms with Gasteiger partial charge in [-0.15, -0.1) is 0 Å². The van der Waals surface area contributed by atoms with Gasteiger partial charge in [-0.05, 0) is 112 Å². The van der Waals surface area contributed by atoms with E-state index in [1.165, 1.54) is 0 Å². The molecule has 0 saturated heterocycles. The molecule has 6 fully saturated rings. The molecule has 0 aliphatic heterocycles. The number of phosphoric acid groups is 2. The van der Waals surface area contributed by atoms with Crippen LogP contribution < -0.4 is 68.9 Å². The minimum absolute atomic E-state index is 0. The van der Waals surface area contributed by atoms with Crippen LogP contribution >= 0.6 is 15.6 Å². The van der Waals surface area contributed by atoms with Crippen molar-refractivity contribution in [3.05, 3.63) is 47.6 Å². The molecule has 6 saturated carbocycles. The van der Waals surface area contributed by atoms with Gasteiger partial charge in [0.25, 0.3) is 15.6 Å². The molecule has 8 rings (SSSR count). The third kappa shape index (κ3) is 8.71. The summed E-state index contributed by atoms with van der Waals surface area (Å²) in [7, 11) is -10.2. The zero-order chi connectivity index (χ0) is 44.2. The molecule has 20 heteroatoms. The van der Waals surface area contributed by atoms with Crippen molar-refractivity contribution in [3.63, 3.8) is 0 Å². The van der Waals surface area contributed by atoms with E-state index in [2.05, 4.69) is 9.05 Å². The number of carbonyl (C=O) groups excluding carboxylic acids is 4. The van der Waals surface area contributed by atoms with Crippen LogP contribution in [0.4, 0.5) is 0 Å². The minimum atomic E-state index is -5.09. The van der Waals surface area contributed by atoms with Crippen LogP contribution in [0.25, 0.3) is 0 Å². The van der Waals surface area contributed by atoms with Gasteiger partial charge in [-0.1, -0.05) is 51.0 Å². The van der Waals surface area contributed by atoms with Crippen molar-refractivity contribution in [1.82, 2.24) is 0 Å². The number of aliphatic hydroxyl groups is 4. The molecule has 6 N–H and O–H groups in total. The Kier molecular flexibility index (Phi) is 15.3. The second-order valence-corrected chi connectivity index (χ2v) is 21.9. The molecule has 0 aromatic heterocycles. The number of ketones is 4. The van der Waals surface area contributed by atoms with Crippen LogP contribution in [0.1, 0.15) is 91.9 Å².